The van der Waals surface area contributed by atoms with Gasteiger partial charge in [0, 0.05) is 17.9 Å². The average molecular weight is 237 g/mol. The molecular formula is C13H23N3O. The topological polar surface area (TPSA) is 51.0 Å². The van der Waals surface area contributed by atoms with Crippen molar-refractivity contribution in [1.29, 1.82) is 0 Å². The van der Waals surface area contributed by atoms with Crippen molar-refractivity contribution >= 4 is 0 Å². The van der Waals surface area contributed by atoms with Crippen LogP contribution in [0.25, 0.3) is 0 Å². The molecule has 0 saturated heterocycles. The highest BCUT2D eigenvalue weighted by Gasteiger charge is 2.25. The van der Waals surface area contributed by atoms with Crippen molar-refractivity contribution in [2.45, 2.75) is 64.3 Å². The zero-order chi connectivity index (χ0) is 12.3. The summed E-state index contributed by atoms with van der Waals surface area (Å²) in [6.07, 6.45) is 5.65. The molecule has 17 heavy (non-hydrogen) atoms. The molecular weight excluding hydrogens is 214 g/mol. The quantitative estimate of drug-likeness (QED) is 0.740. The van der Waals surface area contributed by atoms with E-state index >= 15 is 0 Å². The summed E-state index contributed by atoms with van der Waals surface area (Å²) in [6, 6.07) is 0.785. The minimum atomic E-state index is -0.00247. The average Bonchev–Trinajstić information content (AvgIpc) is 3.01. The molecule has 96 valence electrons. The zero-order valence-electron chi connectivity index (χ0n) is 11.1. The van der Waals surface area contributed by atoms with Crippen LogP contribution in [0.1, 0.15) is 58.2 Å². The van der Waals surface area contributed by atoms with Crippen molar-refractivity contribution in [2.75, 3.05) is 6.54 Å². The molecule has 1 N–H and O–H groups in total. The second-order valence-corrected chi connectivity index (χ2v) is 5.57. The van der Waals surface area contributed by atoms with Gasteiger partial charge in [-0.2, -0.15) is 0 Å². The predicted molar refractivity (Wildman–Crippen MR) is 67.0 cm³/mol. The van der Waals surface area contributed by atoms with Gasteiger partial charge in [-0.3, -0.25) is 0 Å². The lowest BCUT2D eigenvalue weighted by Crippen LogP contribution is -2.17. The Hall–Kier alpha value is -0.900. The summed E-state index contributed by atoms with van der Waals surface area (Å²) in [5.41, 5.74) is -0.00247. The number of aromatic nitrogens is 2. The molecule has 0 bridgehead atoms. The third-order valence-corrected chi connectivity index (χ3v) is 3.51. The molecule has 1 fully saturated rings. The predicted octanol–water partition coefficient (Wildman–Crippen LogP) is 2.44. The van der Waals surface area contributed by atoms with E-state index in [9.17, 15) is 0 Å². The van der Waals surface area contributed by atoms with E-state index in [-0.39, 0.29) is 5.41 Å². The summed E-state index contributed by atoms with van der Waals surface area (Å²) in [5, 5.41) is 11.8. The van der Waals surface area contributed by atoms with Gasteiger partial charge in [0.05, 0.1) is 0 Å². The van der Waals surface area contributed by atoms with Crippen molar-refractivity contribution in [3.8, 4) is 0 Å². The van der Waals surface area contributed by atoms with Gasteiger partial charge in [0.25, 0.3) is 0 Å². The Balaban J connectivity index is 1.76. The maximum Gasteiger partial charge on any atom is 0.222 e. The number of hydrogen-bond donors (Lipinski definition) is 1. The number of nitrogens with one attached hydrogen (secondary N) is 1. The van der Waals surface area contributed by atoms with Crippen molar-refractivity contribution < 1.29 is 4.42 Å². The molecule has 0 atom stereocenters. The number of aryl methyl sites for hydroxylation is 1. The Kier molecular flexibility index (Phi) is 3.82. The third kappa shape index (κ3) is 3.53. The van der Waals surface area contributed by atoms with E-state index in [1.165, 1.54) is 12.8 Å². The number of hydrogen-bond acceptors (Lipinski definition) is 4. The molecule has 0 radical (unpaired) electrons. The van der Waals surface area contributed by atoms with Gasteiger partial charge in [-0.05, 0) is 32.2 Å². The van der Waals surface area contributed by atoms with Gasteiger partial charge in [-0.1, -0.05) is 20.8 Å². The van der Waals surface area contributed by atoms with Crippen LogP contribution in [0.4, 0.5) is 0 Å². The number of rotatable bonds is 7. The molecule has 0 aliphatic heterocycles. The van der Waals surface area contributed by atoms with Crippen LogP contribution in [0.2, 0.25) is 0 Å². The summed E-state index contributed by atoms with van der Waals surface area (Å²) in [6.45, 7) is 7.47. The number of nitrogens with zero attached hydrogens (tertiary/aromatic N) is 2. The van der Waals surface area contributed by atoms with Gasteiger partial charge in [0.15, 0.2) is 0 Å². The van der Waals surface area contributed by atoms with Gasteiger partial charge in [-0.15, -0.1) is 10.2 Å². The molecule has 1 aromatic heterocycles. The van der Waals surface area contributed by atoms with E-state index in [0.717, 1.165) is 43.6 Å². The van der Waals surface area contributed by atoms with E-state index in [0.29, 0.717) is 0 Å². The summed E-state index contributed by atoms with van der Waals surface area (Å²) < 4.78 is 5.71. The monoisotopic (exact) mass is 237 g/mol. The first-order valence-corrected chi connectivity index (χ1v) is 6.68. The Labute approximate surface area is 103 Å². The summed E-state index contributed by atoms with van der Waals surface area (Å²) in [4.78, 5) is 0. The van der Waals surface area contributed by atoms with Gasteiger partial charge in [0.1, 0.15) is 0 Å². The zero-order valence-corrected chi connectivity index (χ0v) is 11.1. The second kappa shape index (κ2) is 5.17. The fraction of sp³-hybridized carbons (Fsp3) is 0.846. The van der Waals surface area contributed by atoms with Gasteiger partial charge < -0.3 is 9.73 Å². The fourth-order valence-electron chi connectivity index (χ4n) is 1.61. The van der Waals surface area contributed by atoms with Crippen LogP contribution in [0, 0.1) is 0 Å². The SMILES string of the molecule is CCC(C)(C)c1nnc(CCCNC2CC2)o1. The lowest BCUT2D eigenvalue weighted by Gasteiger charge is -2.16. The van der Waals surface area contributed by atoms with Gasteiger partial charge in [-0.25, -0.2) is 0 Å². The van der Waals surface area contributed by atoms with E-state index < -0.39 is 0 Å². The molecule has 0 amide bonds. The molecule has 2 rings (SSSR count). The summed E-state index contributed by atoms with van der Waals surface area (Å²) >= 11 is 0. The first kappa shape index (κ1) is 12.6. The molecule has 0 spiro atoms. The molecule has 4 nitrogen and oxygen atoms in total. The Morgan fingerprint density at radius 2 is 2.12 bits per heavy atom. The van der Waals surface area contributed by atoms with Crippen LogP contribution in [0.3, 0.4) is 0 Å². The van der Waals surface area contributed by atoms with Crippen LogP contribution in [0.15, 0.2) is 4.42 Å². The smallest absolute Gasteiger partial charge is 0.222 e. The lowest BCUT2D eigenvalue weighted by atomic mass is 9.90. The minimum Gasteiger partial charge on any atom is -0.425 e. The highest BCUT2D eigenvalue weighted by Crippen LogP contribution is 2.25. The van der Waals surface area contributed by atoms with Crippen molar-refractivity contribution in [3.05, 3.63) is 11.8 Å². The first-order valence-electron chi connectivity index (χ1n) is 6.68. The van der Waals surface area contributed by atoms with Crippen molar-refractivity contribution in [1.82, 2.24) is 15.5 Å². The largest absolute Gasteiger partial charge is 0.425 e. The standard InChI is InChI=1S/C13H23N3O/c1-4-13(2,3)12-16-15-11(17-12)6-5-9-14-10-7-8-10/h10,14H,4-9H2,1-3H3. The molecule has 0 unspecified atom stereocenters. The summed E-state index contributed by atoms with van der Waals surface area (Å²) in [7, 11) is 0. The minimum absolute atomic E-state index is 0.00247. The van der Waals surface area contributed by atoms with E-state index in [4.69, 9.17) is 4.42 Å². The van der Waals surface area contributed by atoms with E-state index in [1.54, 1.807) is 0 Å². The maximum atomic E-state index is 5.71. The third-order valence-electron chi connectivity index (χ3n) is 3.51. The molecule has 1 aliphatic rings. The van der Waals surface area contributed by atoms with E-state index in [1.807, 2.05) is 0 Å². The highest BCUT2D eigenvalue weighted by molar-refractivity contribution is 4.98. The molecule has 1 aliphatic carbocycles. The molecule has 1 saturated carbocycles. The van der Waals surface area contributed by atoms with Crippen LogP contribution in [0.5, 0.6) is 0 Å². The Morgan fingerprint density at radius 1 is 1.35 bits per heavy atom. The van der Waals surface area contributed by atoms with Crippen LogP contribution >= 0.6 is 0 Å². The van der Waals surface area contributed by atoms with Crippen LogP contribution in [-0.2, 0) is 11.8 Å². The Bertz CT molecular complexity index is 355. The molecule has 1 heterocycles. The Morgan fingerprint density at radius 3 is 2.76 bits per heavy atom. The molecule has 4 heteroatoms. The molecule has 1 aromatic rings. The second-order valence-electron chi connectivity index (χ2n) is 5.57. The fourth-order valence-corrected chi connectivity index (χ4v) is 1.61. The van der Waals surface area contributed by atoms with Crippen LogP contribution in [-0.4, -0.2) is 22.8 Å². The van der Waals surface area contributed by atoms with Crippen molar-refractivity contribution in [2.24, 2.45) is 0 Å². The van der Waals surface area contributed by atoms with Crippen LogP contribution < -0.4 is 5.32 Å². The van der Waals surface area contributed by atoms with E-state index in [2.05, 4.69) is 36.3 Å². The normalized spacial score (nSPS) is 16.4. The first-order chi connectivity index (χ1) is 8.12. The van der Waals surface area contributed by atoms with Gasteiger partial charge >= 0.3 is 0 Å². The maximum absolute atomic E-state index is 5.71. The highest BCUT2D eigenvalue weighted by atomic mass is 16.4. The molecule has 0 aromatic carbocycles. The lowest BCUT2D eigenvalue weighted by molar-refractivity contribution is 0.342. The summed E-state index contributed by atoms with van der Waals surface area (Å²) in [5.74, 6) is 1.55. The van der Waals surface area contributed by atoms with Crippen molar-refractivity contribution in [3.63, 3.8) is 0 Å². The van der Waals surface area contributed by atoms with Gasteiger partial charge in [0.2, 0.25) is 11.8 Å².